The number of rotatable bonds is 4. The van der Waals surface area contributed by atoms with Crippen LogP contribution in [-0.4, -0.2) is 21.2 Å². The van der Waals surface area contributed by atoms with E-state index in [0.29, 0.717) is 5.95 Å². The van der Waals surface area contributed by atoms with E-state index < -0.39 is 0 Å². The van der Waals surface area contributed by atoms with Gasteiger partial charge >= 0.3 is 0 Å². The predicted octanol–water partition coefficient (Wildman–Crippen LogP) is 3.29. The van der Waals surface area contributed by atoms with Gasteiger partial charge in [-0.05, 0) is 30.7 Å². The molecule has 0 saturated carbocycles. The summed E-state index contributed by atoms with van der Waals surface area (Å²) >= 11 is 0. The number of aromatic nitrogens is 3. The molecule has 2 heterocycles. The van der Waals surface area contributed by atoms with Crippen molar-refractivity contribution < 1.29 is 0 Å². The maximum Gasteiger partial charge on any atom is 0.244 e. The number of hydrazone groups is 1. The van der Waals surface area contributed by atoms with Crippen molar-refractivity contribution >= 4 is 12.2 Å². The van der Waals surface area contributed by atoms with Crippen LogP contribution in [0.5, 0.6) is 0 Å². The third kappa shape index (κ3) is 3.52. The molecule has 5 nitrogen and oxygen atoms in total. The van der Waals surface area contributed by atoms with Gasteiger partial charge in [-0.2, -0.15) is 5.10 Å². The minimum atomic E-state index is 0.476. The molecule has 0 spiro atoms. The summed E-state index contributed by atoms with van der Waals surface area (Å²) in [5.74, 6) is 0.476. The van der Waals surface area contributed by atoms with Gasteiger partial charge in [-0.3, -0.25) is 4.98 Å². The Morgan fingerprint density at radius 2 is 1.77 bits per heavy atom. The maximum absolute atomic E-state index is 4.49. The van der Waals surface area contributed by atoms with E-state index in [0.717, 1.165) is 22.5 Å². The van der Waals surface area contributed by atoms with Crippen molar-refractivity contribution in [1.82, 2.24) is 15.0 Å². The summed E-state index contributed by atoms with van der Waals surface area (Å²) in [6.45, 7) is 1.94. The molecule has 0 aliphatic carbocycles. The summed E-state index contributed by atoms with van der Waals surface area (Å²) in [5.41, 5.74) is 6.63. The minimum absolute atomic E-state index is 0.476. The largest absolute Gasteiger partial charge is 0.265 e. The molecule has 5 heteroatoms. The van der Waals surface area contributed by atoms with Crippen molar-refractivity contribution in [3.63, 3.8) is 0 Å². The Bertz CT molecular complexity index is 770. The lowest BCUT2D eigenvalue weighted by Gasteiger charge is -2.05. The number of nitrogens with zero attached hydrogens (tertiary/aromatic N) is 4. The van der Waals surface area contributed by atoms with Gasteiger partial charge in [0.2, 0.25) is 5.95 Å². The van der Waals surface area contributed by atoms with Crippen molar-refractivity contribution in [1.29, 1.82) is 0 Å². The van der Waals surface area contributed by atoms with Gasteiger partial charge in [0.05, 0.1) is 11.9 Å². The Morgan fingerprint density at radius 1 is 1.00 bits per heavy atom. The molecule has 0 amide bonds. The van der Waals surface area contributed by atoms with E-state index in [-0.39, 0.29) is 0 Å². The molecule has 1 aromatic carbocycles. The van der Waals surface area contributed by atoms with Crippen LogP contribution in [0.2, 0.25) is 0 Å². The highest BCUT2D eigenvalue weighted by Crippen LogP contribution is 2.18. The summed E-state index contributed by atoms with van der Waals surface area (Å²) < 4.78 is 0. The van der Waals surface area contributed by atoms with Crippen LogP contribution < -0.4 is 5.43 Å². The molecule has 3 rings (SSSR count). The van der Waals surface area contributed by atoms with E-state index in [1.165, 1.54) is 0 Å². The lowest BCUT2D eigenvalue weighted by molar-refractivity contribution is 1.08. The van der Waals surface area contributed by atoms with Crippen LogP contribution in [0.3, 0.4) is 0 Å². The molecular weight excluding hydrogens is 274 g/mol. The molecule has 0 aliphatic heterocycles. The van der Waals surface area contributed by atoms with E-state index in [2.05, 4.69) is 25.5 Å². The Labute approximate surface area is 128 Å². The fourth-order valence-corrected chi connectivity index (χ4v) is 1.99. The van der Waals surface area contributed by atoms with Crippen LogP contribution in [0.25, 0.3) is 11.3 Å². The van der Waals surface area contributed by atoms with Crippen LogP contribution in [0, 0.1) is 6.92 Å². The third-order valence-electron chi connectivity index (χ3n) is 3.01. The van der Waals surface area contributed by atoms with Gasteiger partial charge in [0.25, 0.3) is 0 Å². The number of benzene rings is 1. The Kier molecular flexibility index (Phi) is 4.15. The highest BCUT2D eigenvalue weighted by molar-refractivity contribution is 5.79. The summed E-state index contributed by atoms with van der Waals surface area (Å²) in [7, 11) is 0. The Balaban J connectivity index is 1.80. The molecule has 0 unspecified atom stereocenters. The molecule has 1 N–H and O–H groups in total. The molecule has 0 fully saturated rings. The van der Waals surface area contributed by atoms with E-state index >= 15 is 0 Å². The number of nitrogens with one attached hydrogen (secondary N) is 1. The normalized spacial score (nSPS) is 10.8. The smallest absolute Gasteiger partial charge is 0.244 e. The third-order valence-corrected chi connectivity index (χ3v) is 3.01. The summed E-state index contributed by atoms with van der Waals surface area (Å²) in [4.78, 5) is 12.8. The van der Waals surface area contributed by atoms with Gasteiger partial charge in [0.15, 0.2) is 0 Å². The van der Waals surface area contributed by atoms with Crippen LogP contribution in [0.15, 0.2) is 66.0 Å². The predicted molar refractivity (Wildman–Crippen MR) is 87.7 cm³/mol. The van der Waals surface area contributed by atoms with Crippen molar-refractivity contribution in [2.45, 2.75) is 6.92 Å². The van der Waals surface area contributed by atoms with Gasteiger partial charge in [-0.25, -0.2) is 15.4 Å². The zero-order chi connectivity index (χ0) is 15.2. The van der Waals surface area contributed by atoms with E-state index in [4.69, 9.17) is 0 Å². The second-order valence-electron chi connectivity index (χ2n) is 4.73. The highest BCUT2D eigenvalue weighted by atomic mass is 15.3. The van der Waals surface area contributed by atoms with Crippen molar-refractivity contribution in [3.8, 4) is 11.3 Å². The quantitative estimate of drug-likeness (QED) is 0.591. The Hall–Kier alpha value is -3.08. The first kappa shape index (κ1) is 13.9. The van der Waals surface area contributed by atoms with Crippen molar-refractivity contribution in [2.75, 3.05) is 5.43 Å². The topological polar surface area (TPSA) is 63.1 Å². The van der Waals surface area contributed by atoms with Gasteiger partial charge < -0.3 is 0 Å². The fraction of sp³-hybridized carbons (Fsp3) is 0.0588. The molecule has 0 bridgehead atoms. The van der Waals surface area contributed by atoms with Crippen LogP contribution in [0.1, 0.15) is 11.3 Å². The van der Waals surface area contributed by atoms with E-state index in [1.807, 2.05) is 55.5 Å². The van der Waals surface area contributed by atoms with Gasteiger partial charge in [-0.15, -0.1) is 0 Å². The van der Waals surface area contributed by atoms with Crippen molar-refractivity contribution in [2.24, 2.45) is 5.10 Å². The fourth-order valence-electron chi connectivity index (χ4n) is 1.99. The van der Waals surface area contributed by atoms with Crippen LogP contribution in [0.4, 0.5) is 5.95 Å². The first-order valence-electron chi connectivity index (χ1n) is 6.91. The monoisotopic (exact) mass is 289 g/mol. The highest BCUT2D eigenvalue weighted by Gasteiger charge is 2.03. The van der Waals surface area contributed by atoms with Gasteiger partial charge in [0, 0.05) is 23.7 Å². The second-order valence-corrected chi connectivity index (χ2v) is 4.73. The zero-order valence-corrected chi connectivity index (χ0v) is 12.1. The lowest BCUT2D eigenvalue weighted by Crippen LogP contribution is -2.00. The first-order valence-corrected chi connectivity index (χ1v) is 6.91. The SMILES string of the molecule is Cc1cc(-c2ccccc2)nc(N/N=C/c2ccncc2)n1. The molecule has 108 valence electrons. The van der Waals surface area contributed by atoms with E-state index in [9.17, 15) is 0 Å². The number of hydrogen-bond acceptors (Lipinski definition) is 5. The number of aryl methyl sites for hydroxylation is 1. The van der Waals surface area contributed by atoms with E-state index in [1.54, 1.807) is 18.6 Å². The molecule has 22 heavy (non-hydrogen) atoms. The lowest BCUT2D eigenvalue weighted by atomic mass is 10.1. The molecule has 0 radical (unpaired) electrons. The summed E-state index contributed by atoms with van der Waals surface area (Å²) in [6.07, 6.45) is 5.14. The molecule has 2 aromatic heterocycles. The van der Waals surface area contributed by atoms with Gasteiger partial charge in [-0.1, -0.05) is 30.3 Å². The average molecular weight is 289 g/mol. The standard InChI is InChI=1S/C17H15N5/c1-13-11-16(15-5-3-2-4-6-15)21-17(20-13)22-19-12-14-7-9-18-10-8-14/h2-12H,1H3,(H,20,21,22)/b19-12+. The number of anilines is 1. The first-order chi connectivity index (χ1) is 10.8. The minimum Gasteiger partial charge on any atom is -0.265 e. The molecular formula is C17H15N5. The zero-order valence-electron chi connectivity index (χ0n) is 12.1. The summed E-state index contributed by atoms with van der Waals surface area (Å²) in [5, 5.41) is 4.16. The average Bonchev–Trinajstić information content (AvgIpc) is 2.56. The number of pyridine rings is 1. The second kappa shape index (κ2) is 6.58. The molecule has 0 saturated heterocycles. The van der Waals surface area contributed by atoms with Crippen LogP contribution in [-0.2, 0) is 0 Å². The van der Waals surface area contributed by atoms with Gasteiger partial charge in [0.1, 0.15) is 0 Å². The number of hydrogen-bond donors (Lipinski definition) is 1. The maximum atomic E-state index is 4.49. The summed E-state index contributed by atoms with van der Waals surface area (Å²) in [6, 6.07) is 15.7. The Morgan fingerprint density at radius 3 is 2.55 bits per heavy atom. The molecule has 0 aliphatic rings. The molecule has 0 atom stereocenters. The molecule has 3 aromatic rings. The van der Waals surface area contributed by atoms with Crippen molar-refractivity contribution in [3.05, 3.63) is 72.2 Å². The van der Waals surface area contributed by atoms with Crippen LogP contribution >= 0.6 is 0 Å².